The highest BCUT2D eigenvalue weighted by atomic mass is 79.9. The number of nitrogens with zero attached hydrogens (tertiary/aromatic N) is 3. The van der Waals surface area contributed by atoms with E-state index >= 15 is 0 Å². The zero-order chi connectivity index (χ0) is 15.3. The summed E-state index contributed by atoms with van der Waals surface area (Å²) in [4.78, 5) is 24.2. The Labute approximate surface area is 133 Å². The lowest BCUT2D eigenvalue weighted by Crippen LogP contribution is -2.11. The Morgan fingerprint density at radius 3 is 2.95 bits per heavy atom. The topological polar surface area (TPSA) is 63.6 Å². The second kappa shape index (κ2) is 4.78. The number of H-pyrrole nitrogens is 1. The normalized spacial score (nSPS) is 11.4. The molecule has 5 nitrogen and oxygen atoms in total. The largest absolute Gasteiger partial charge is 0.335 e. The molecule has 4 rings (SSSR count). The molecule has 0 spiro atoms. The lowest BCUT2D eigenvalue weighted by Gasteiger charge is -2.01. The van der Waals surface area contributed by atoms with E-state index in [1.165, 1.54) is 0 Å². The molecule has 0 aliphatic heterocycles. The van der Waals surface area contributed by atoms with Gasteiger partial charge in [0.1, 0.15) is 11.3 Å². The number of halogens is 1. The lowest BCUT2D eigenvalue weighted by molar-refractivity contribution is 0.948. The van der Waals surface area contributed by atoms with Crippen LogP contribution in [0.2, 0.25) is 0 Å². The molecule has 0 aliphatic carbocycles. The highest BCUT2D eigenvalue weighted by molar-refractivity contribution is 9.10. The highest BCUT2D eigenvalue weighted by Crippen LogP contribution is 2.28. The van der Waals surface area contributed by atoms with Crippen molar-refractivity contribution in [1.29, 1.82) is 0 Å². The first-order valence-electron chi connectivity index (χ1n) is 6.73. The third kappa shape index (κ3) is 1.95. The van der Waals surface area contributed by atoms with E-state index in [1.54, 1.807) is 6.20 Å². The molecular formula is C16H11BrN4O. The lowest BCUT2D eigenvalue weighted by atomic mass is 10.1. The first-order valence-corrected chi connectivity index (χ1v) is 7.53. The summed E-state index contributed by atoms with van der Waals surface area (Å²) >= 11 is 3.43. The van der Waals surface area contributed by atoms with Crippen LogP contribution in [-0.2, 0) is 7.05 Å². The molecule has 0 saturated heterocycles. The van der Waals surface area contributed by atoms with Gasteiger partial charge < -0.3 is 9.55 Å². The molecule has 0 aliphatic rings. The summed E-state index contributed by atoms with van der Waals surface area (Å²) in [7, 11) is 1.90. The van der Waals surface area contributed by atoms with Crippen LogP contribution in [-0.4, -0.2) is 19.5 Å². The molecule has 0 amide bonds. The van der Waals surface area contributed by atoms with Gasteiger partial charge in [0, 0.05) is 34.9 Å². The van der Waals surface area contributed by atoms with E-state index in [1.807, 2.05) is 48.1 Å². The molecule has 108 valence electrons. The number of aromatic nitrogens is 4. The predicted molar refractivity (Wildman–Crippen MR) is 89.8 cm³/mol. The number of nitrogens with one attached hydrogen (secondary N) is 1. The first kappa shape index (κ1) is 13.2. The van der Waals surface area contributed by atoms with Gasteiger partial charge in [-0.3, -0.25) is 4.79 Å². The quantitative estimate of drug-likeness (QED) is 0.570. The molecule has 0 atom stereocenters. The molecule has 0 saturated carbocycles. The number of para-hydroxylation sites is 2. The van der Waals surface area contributed by atoms with Crippen LogP contribution in [0.15, 0.2) is 52.0 Å². The Hall–Kier alpha value is -2.47. The van der Waals surface area contributed by atoms with Gasteiger partial charge in [-0.2, -0.15) is 0 Å². The molecule has 0 unspecified atom stereocenters. The van der Waals surface area contributed by atoms with Crippen molar-refractivity contribution in [2.75, 3.05) is 0 Å². The van der Waals surface area contributed by atoms with Gasteiger partial charge in [0.25, 0.3) is 5.56 Å². The van der Waals surface area contributed by atoms with E-state index in [-0.39, 0.29) is 5.56 Å². The number of fused-ring (bicyclic) bond motifs is 2. The van der Waals surface area contributed by atoms with Crippen molar-refractivity contribution in [3.63, 3.8) is 0 Å². The molecule has 0 bridgehead atoms. The van der Waals surface area contributed by atoms with Crippen molar-refractivity contribution in [3.8, 4) is 11.3 Å². The zero-order valence-corrected chi connectivity index (χ0v) is 13.3. The Morgan fingerprint density at radius 2 is 2.09 bits per heavy atom. The third-order valence-corrected chi connectivity index (χ3v) is 4.07. The molecule has 0 fully saturated rings. The van der Waals surface area contributed by atoms with E-state index < -0.39 is 0 Å². The minimum Gasteiger partial charge on any atom is -0.335 e. The Bertz CT molecular complexity index is 1080. The van der Waals surface area contributed by atoms with Crippen LogP contribution in [0, 0.1) is 0 Å². The standard InChI is InChI=1S/C16H11BrN4O/c1-21-8-11(10-6-9(17)7-18-15(10)21)14-16(22)20-13-5-3-2-4-12(13)19-14/h2-8H,1H3,(H,20,22). The molecular weight excluding hydrogens is 344 g/mol. The SMILES string of the molecule is Cn1cc(-c2nc3ccccc3[nH]c2=O)c2cc(Br)cnc21. The fraction of sp³-hybridized carbons (Fsp3) is 0.0625. The second-order valence-electron chi connectivity index (χ2n) is 5.11. The van der Waals surface area contributed by atoms with Gasteiger partial charge in [-0.1, -0.05) is 12.1 Å². The molecule has 4 aromatic rings. The number of pyridine rings is 1. The number of rotatable bonds is 1. The maximum Gasteiger partial charge on any atom is 0.275 e. The monoisotopic (exact) mass is 354 g/mol. The molecule has 1 N–H and O–H groups in total. The molecule has 3 aromatic heterocycles. The number of aromatic amines is 1. The van der Waals surface area contributed by atoms with Gasteiger partial charge >= 0.3 is 0 Å². The number of hydrogen-bond donors (Lipinski definition) is 1. The summed E-state index contributed by atoms with van der Waals surface area (Å²) < 4.78 is 2.76. The average molecular weight is 355 g/mol. The van der Waals surface area contributed by atoms with Crippen molar-refractivity contribution >= 4 is 38.0 Å². The van der Waals surface area contributed by atoms with Gasteiger partial charge in [-0.05, 0) is 34.1 Å². The van der Waals surface area contributed by atoms with Crippen molar-refractivity contribution in [2.45, 2.75) is 0 Å². The summed E-state index contributed by atoms with van der Waals surface area (Å²) in [5.41, 5.74) is 3.29. The van der Waals surface area contributed by atoms with Crippen molar-refractivity contribution < 1.29 is 0 Å². The van der Waals surface area contributed by atoms with Crippen LogP contribution in [0.4, 0.5) is 0 Å². The van der Waals surface area contributed by atoms with Crippen LogP contribution in [0.25, 0.3) is 33.3 Å². The highest BCUT2D eigenvalue weighted by Gasteiger charge is 2.15. The number of aryl methyl sites for hydroxylation is 1. The van der Waals surface area contributed by atoms with Gasteiger partial charge in [0.05, 0.1) is 11.0 Å². The molecule has 6 heteroatoms. The fourth-order valence-electron chi connectivity index (χ4n) is 2.64. The summed E-state index contributed by atoms with van der Waals surface area (Å²) in [6, 6.07) is 9.45. The first-order chi connectivity index (χ1) is 10.6. The Kier molecular flexibility index (Phi) is 2.87. The smallest absolute Gasteiger partial charge is 0.275 e. The number of benzene rings is 1. The van der Waals surface area contributed by atoms with Crippen LogP contribution >= 0.6 is 15.9 Å². The Morgan fingerprint density at radius 1 is 1.27 bits per heavy atom. The van der Waals surface area contributed by atoms with Crippen molar-refractivity contribution in [1.82, 2.24) is 19.5 Å². The number of hydrogen-bond acceptors (Lipinski definition) is 3. The molecule has 0 radical (unpaired) electrons. The Balaban J connectivity index is 2.09. The summed E-state index contributed by atoms with van der Waals surface area (Å²) in [6.45, 7) is 0. The van der Waals surface area contributed by atoms with Crippen LogP contribution in [0.5, 0.6) is 0 Å². The third-order valence-electron chi connectivity index (χ3n) is 3.64. The van der Waals surface area contributed by atoms with Gasteiger partial charge in [0.15, 0.2) is 0 Å². The molecule has 1 aromatic carbocycles. The van der Waals surface area contributed by atoms with Crippen LogP contribution in [0.1, 0.15) is 0 Å². The van der Waals surface area contributed by atoms with Gasteiger partial charge in [0.2, 0.25) is 0 Å². The minimum absolute atomic E-state index is 0.203. The minimum atomic E-state index is -0.203. The second-order valence-corrected chi connectivity index (χ2v) is 6.03. The molecule has 22 heavy (non-hydrogen) atoms. The van der Waals surface area contributed by atoms with Gasteiger partial charge in [-0.25, -0.2) is 9.97 Å². The van der Waals surface area contributed by atoms with E-state index in [9.17, 15) is 4.79 Å². The maximum atomic E-state index is 12.4. The summed E-state index contributed by atoms with van der Waals surface area (Å²) in [6.07, 6.45) is 3.63. The van der Waals surface area contributed by atoms with Crippen LogP contribution < -0.4 is 5.56 Å². The molecule has 3 heterocycles. The van der Waals surface area contributed by atoms with E-state index in [0.29, 0.717) is 5.69 Å². The average Bonchev–Trinajstić information content (AvgIpc) is 2.83. The fourth-order valence-corrected chi connectivity index (χ4v) is 2.97. The van der Waals surface area contributed by atoms with E-state index in [2.05, 4.69) is 30.9 Å². The summed E-state index contributed by atoms with van der Waals surface area (Å²) in [5, 5.41) is 0.894. The van der Waals surface area contributed by atoms with E-state index in [4.69, 9.17) is 0 Å². The van der Waals surface area contributed by atoms with Crippen molar-refractivity contribution in [3.05, 3.63) is 57.6 Å². The predicted octanol–water partition coefficient (Wildman–Crippen LogP) is 3.24. The van der Waals surface area contributed by atoms with Crippen LogP contribution in [0.3, 0.4) is 0 Å². The van der Waals surface area contributed by atoms with Gasteiger partial charge in [-0.15, -0.1) is 0 Å². The van der Waals surface area contributed by atoms with Crippen molar-refractivity contribution in [2.24, 2.45) is 7.05 Å². The maximum absolute atomic E-state index is 12.4. The summed E-state index contributed by atoms with van der Waals surface area (Å²) in [5.74, 6) is 0. The zero-order valence-electron chi connectivity index (χ0n) is 11.7. The van der Waals surface area contributed by atoms with E-state index in [0.717, 1.165) is 32.1 Å².